The molecular weight excluding hydrogens is 410 g/mol. The van der Waals surface area contributed by atoms with Crippen LogP contribution >= 0.6 is 10.6 Å². The molecule has 0 spiro atoms. The first-order chi connectivity index (χ1) is 15.1. The maximum absolute atomic E-state index is 9.87. The molecule has 3 N–H and O–H groups in total. The van der Waals surface area contributed by atoms with Crippen molar-refractivity contribution in [2.24, 2.45) is 0 Å². The van der Waals surface area contributed by atoms with Crippen molar-refractivity contribution < 1.29 is 13.8 Å². The van der Waals surface area contributed by atoms with Crippen LogP contribution in [0.5, 0.6) is 0 Å². The van der Waals surface area contributed by atoms with Gasteiger partial charge < -0.3 is 10.2 Å². The van der Waals surface area contributed by atoms with E-state index in [0.29, 0.717) is 17.5 Å². The fourth-order valence-electron chi connectivity index (χ4n) is 4.51. The number of hydrogen-bond acceptors (Lipinski definition) is 5. The Morgan fingerprint density at radius 3 is 2.45 bits per heavy atom. The number of benzene rings is 2. The predicted molar refractivity (Wildman–Crippen MR) is 128 cm³/mol. The standard InChI is InChI=1S/C24H31N3O3S/c28-31(29)14-10-26(11-15-31)18-19-6-7-23-21(16-19)17-24(20-4-2-1-3-5-20)27(23)25-22-8-12-30-13-9-22/h1-7,16-17,22,25,28-29H,8-15,18H2. The smallest absolute Gasteiger partial charge is 0.0705 e. The minimum absolute atomic E-state index is 0.402. The molecule has 0 radical (unpaired) electrons. The van der Waals surface area contributed by atoms with E-state index in [9.17, 15) is 9.11 Å². The number of nitrogens with zero attached hydrogens (tertiary/aromatic N) is 2. The lowest BCUT2D eigenvalue weighted by Crippen LogP contribution is -2.37. The van der Waals surface area contributed by atoms with Gasteiger partial charge in [-0.2, -0.15) is 10.6 Å². The Kier molecular flexibility index (Phi) is 5.95. The third-order valence-electron chi connectivity index (χ3n) is 6.34. The van der Waals surface area contributed by atoms with Crippen molar-refractivity contribution in [3.05, 3.63) is 60.2 Å². The van der Waals surface area contributed by atoms with E-state index in [0.717, 1.165) is 45.7 Å². The topological polar surface area (TPSA) is 69.9 Å². The van der Waals surface area contributed by atoms with Gasteiger partial charge in [0.05, 0.1) is 22.7 Å². The van der Waals surface area contributed by atoms with Crippen LogP contribution in [0.3, 0.4) is 0 Å². The summed E-state index contributed by atoms with van der Waals surface area (Å²) in [5, 5.41) is 1.22. The molecule has 1 aromatic heterocycles. The summed E-state index contributed by atoms with van der Waals surface area (Å²) in [6, 6.07) is 19.9. The van der Waals surface area contributed by atoms with Crippen molar-refractivity contribution in [1.29, 1.82) is 0 Å². The highest BCUT2D eigenvalue weighted by atomic mass is 32.3. The molecule has 0 bridgehead atoms. The van der Waals surface area contributed by atoms with Crippen LogP contribution in [0.15, 0.2) is 54.6 Å². The van der Waals surface area contributed by atoms with Crippen LogP contribution < -0.4 is 5.43 Å². The molecule has 3 heterocycles. The lowest BCUT2D eigenvalue weighted by Gasteiger charge is -2.41. The molecule has 166 valence electrons. The van der Waals surface area contributed by atoms with Gasteiger partial charge in [-0.25, -0.2) is 0 Å². The fraction of sp³-hybridized carbons (Fsp3) is 0.417. The highest BCUT2D eigenvalue weighted by Crippen LogP contribution is 2.40. The molecule has 2 fully saturated rings. The SMILES string of the molecule is OS1(O)CCN(Cc2ccc3c(c2)cc(-c2ccccc2)n3NC2CCOCC2)CC1. The van der Waals surface area contributed by atoms with Crippen molar-refractivity contribution in [3.8, 4) is 11.3 Å². The van der Waals surface area contributed by atoms with Gasteiger partial charge in [-0.05, 0) is 36.6 Å². The lowest BCUT2D eigenvalue weighted by atomic mass is 10.1. The molecule has 3 aromatic rings. The highest BCUT2D eigenvalue weighted by Gasteiger charge is 2.22. The first kappa shape index (κ1) is 20.8. The summed E-state index contributed by atoms with van der Waals surface area (Å²) in [5.74, 6) is 0.970. The third kappa shape index (κ3) is 4.76. The van der Waals surface area contributed by atoms with Crippen LogP contribution in [0.4, 0.5) is 0 Å². The molecule has 6 nitrogen and oxygen atoms in total. The summed E-state index contributed by atoms with van der Waals surface area (Å²) in [7, 11) is -2.35. The number of fused-ring (bicyclic) bond motifs is 1. The molecule has 2 aromatic carbocycles. The lowest BCUT2D eigenvalue weighted by molar-refractivity contribution is 0.0882. The zero-order chi connectivity index (χ0) is 21.3. The first-order valence-corrected chi connectivity index (χ1v) is 13.0. The number of ether oxygens (including phenoxy) is 1. The Morgan fingerprint density at radius 2 is 1.71 bits per heavy atom. The predicted octanol–water partition coefficient (Wildman–Crippen LogP) is 4.60. The molecule has 7 heteroatoms. The average Bonchev–Trinajstić information content (AvgIpc) is 3.14. The van der Waals surface area contributed by atoms with Crippen molar-refractivity contribution >= 4 is 21.5 Å². The van der Waals surface area contributed by atoms with E-state index in [2.05, 4.69) is 63.5 Å². The number of rotatable bonds is 5. The summed E-state index contributed by atoms with van der Waals surface area (Å²) in [6.07, 6.45) is 2.03. The number of hydrogen-bond donors (Lipinski definition) is 3. The van der Waals surface area contributed by atoms with Gasteiger partial charge in [0.25, 0.3) is 0 Å². The first-order valence-electron chi connectivity index (χ1n) is 11.1. The molecule has 31 heavy (non-hydrogen) atoms. The summed E-state index contributed by atoms with van der Waals surface area (Å²) in [6.45, 7) is 3.93. The van der Waals surface area contributed by atoms with Gasteiger partial charge in [0.2, 0.25) is 0 Å². The summed E-state index contributed by atoms with van der Waals surface area (Å²) >= 11 is 0. The fourth-order valence-corrected chi connectivity index (χ4v) is 5.82. The van der Waals surface area contributed by atoms with E-state index >= 15 is 0 Å². The van der Waals surface area contributed by atoms with Crippen LogP contribution in [0, 0.1) is 0 Å². The molecule has 2 saturated heterocycles. The van der Waals surface area contributed by atoms with Gasteiger partial charge in [0.1, 0.15) is 0 Å². The van der Waals surface area contributed by atoms with Gasteiger partial charge in [0, 0.05) is 49.8 Å². The van der Waals surface area contributed by atoms with Gasteiger partial charge >= 0.3 is 0 Å². The van der Waals surface area contributed by atoms with Crippen molar-refractivity contribution in [2.75, 3.05) is 43.2 Å². The van der Waals surface area contributed by atoms with Crippen LogP contribution in [0.25, 0.3) is 22.2 Å². The molecule has 0 aliphatic carbocycles. The quantitative estimate of drug-likeness (QED) is 0.540. The largest absolute Gasteiger partial charge is 0.381 e. The van der Waals surface area contributed by atoms with E-state index in [1.54, 1.807) is 0 Å². The third-order valence-corrected chi connectivity index (χ3v) is 8.02. The summed E-state index contributed by atoms with van der Waals surface area (Å²) in [4.78, 5) is 2.31. The highest BCUT2D eigenvalue weighted by molar-refractivity contribution is 8.24. The Bertz CT molecular complexity index is 1020. The van der Waals surface area contributed by atoms with Gasteiger partial charge in [-0.1, -0.05) is 36.4 Å². The summed E-state index contributed by atoms with van der Waals surface area (Å²) < 4.78 is 27.5. The zero-order valence-electron chi connectivity index (χ0n) is 17.7. The minimum atomic E-state index is -2.35. The maximum Gasteiger partial charge on any atom is 0.0705 e. The average molecular weight is 442 g/mol. The van der Waals surface area contributed by atoms with Crippen LogP contribution in [0.2, 0.25) is 0 Å². The molecule has 2 aliphatic rings. The van der Waals surface area contributed by atoms with Crippen LogP contribution in [-0.2, 0) is 11.3 Å². The Labute approximate surface area is 185 Å². The second-order valence-corrected chi connectivity index (χ2v) is 11.0. The van der Waals surface area contributed by atoms with E-state index in [1.807, 2.05) is 6.07 Å². The Hall–Kier alpha value is -2.03. The van der Waals surface area contributed by atoms with Crippen molar-refractivity contribution in [2.45, 2.75) is 25.4 Å². The Morgan fingerprint density at radius 1 is 0.968 bits per heavy atom. The van der Waals surface area contributed by atoms with Crippen molar-refractivity contribution in [1.82, 2.24) is 9.58 Å². The molecular formula is C24H31N3O3S. The van der Waals surface area contributed by atoms with Gasteiger partial charge in [-0.15, -0.1) is 0 Å². The van der Waals surface area contributed by atoms with E-state index in [-0.39, 0.29) is 0 Å². The maximum atomic E-state index is 9.87. The van der Waals surface area contributed by atoms with E-state index in [4.69, 9.17) is 4.74 Å². The molecule has 2 aliphatic heterocycles. The molecule has 0 saturated carbocycles. The second kappa shape index (κ2) is 8.84. The van der Waals surface area contributed by atoms with Crippen LogP contribution in [-0.4, -0.2) is 62.5 Å². The van der Waals surface area contributed by atoms with Crippen LogP contribution in [0.1, 0.15) is 18.4 Å². The monoisotopic (exact) mass is 441 g/mol. The molecule has 5 rings (SSSR count). The molecule has 0 amide bonds. The summed E-state index contributed by atoms with van der Waals surface area (Å²) in [5.41, 5.74) is 8.56. The van der Waals surface area contributed by atoms with Gasteiger partial charge in [0.15, 0.2) is 0 Å². The Balaban J connectivity index is 1.44. The number of aromatic nitrogens is 1. The van der Waals surface area contributed by atoms with Gasteiger partial charge in [-0.3, -0.25) is 18.7 Å². The second-order valence-electron chi connectivity index (χ2n) is 8.63. The zero-order valence-corrected chi connectivity index (χ0v) is 18.6. The molecule has 0 unspecified atom stereocenters. The molecule has 0 atom stereocenters. The number of nitrogens with one attached hydrogen (secondary N) is 1. The minimum Gasteiger partial charge on any atom is -0.381 e. The normalized spacial score (nSPS) is 21.2. The van der Waals surface area contributed by atoms with E-state index < -0.39 is 10.6 Å². The van der Waals surface area contributed by atoms with E-state index in [1.165, 1.54) is 27.7 Å². The van der Waals surface area contributed by atoms with Crippen molar-refractivity contribution in [3.63, 3.8) is 0 Å².